The van der Waals surface area contributed by atoms with E-state index in [1.165, 1.54) is 38.5 Å². The average molecular weight is 442 g/mol. The minimum Gasteiger partial charge on any atom is -0.495 e. The van der Waals surface area contributed by atoms with Gasteiger partial charge < -0.3 is 24.3 Å². The van der Waals surface area contributed by atoms with Gasteiger partial charge in [-0.2, -0.15) is 0 Å². The Morgan fingerprint density at radius 2 is 1.76 bits per heavy atom. The van der Waals surface area contributed by atoms with Crippen LogP contribution in [0.25, 0.3) is 0 Å². The van der Waals surface area contributed by atoms with Crippen molar-refractivity contribution in [2.45, 2.75) is 11.3 Å². The van der Waals surface area contributed by atoms with E-state index in [0.717, 1.165) is 0 Å². The summed E-state index contributed by atoms with van der Waals surface area (Å²) in [5.74, 6) is 0.696. The first-order valence-corrected chi connectivity index (χ1v) is 10.7. The largest absolute Gasteiger partial charge is 0.495 e. The van der Waals surface area contributed by atoms with Crippen molar-refractivity contribution in [3.05, 3.63) is 35.4 Å². The smallest absolute Gasteiger partial charge is 0.225 e. The van der Waals surface area contributed by atoms with Crippen molar-refractivity contribution < 1.29 is 32.2 Å². The summed E-state index contributed by atoms with van der Waals surface area (Å²) in [6.45, 7) is 0.767. The molecule has 0 spiro atoms. The van der Waals surface area contributed by atoms with E-state index in [-0.39, 0.29) is 17.1 Å². The highest BCUT2D eigenvalue weighted by Crippen LogP contribution is 2.36. The van der Waals surface area contributed by atoms with Crippen molar-refractivity contribution in [1.82, 2.24) is 0 Å². The molecule has 0 saturated carbocycles. The Kier molecular flexibility index (Phi) is 6.39. The first-order chi connectivity index (χ1) is 13.8. The number of methoxy groups -OCH3 is 2. The van der Waals surface area contributed by atoms with Gasteiger partial charge in [0.2, 0.25) is 5.91 Å². The number of rotatable bonds is 7. The number of carbonyl (C=O) groups excluding carboxylic acids is 1. The van der Waals surface area contributed by atoms with Crippen molar-refractivity contribution in [3.8, 4) is 23.0 Å². The van der Waals surface area contributed by atoms with E-state index in [1.54, 1.807) is 6.07 Å². The number of benzene rings is 2. The zero-order valence-corrected chi connectivity index (χ0v) is 17.4. The number of hydrogen-bond donors (Lipinski definition) is 1. The van der Waals surface area contributed by atoms with Crippen LogP contribution in [-0.2, 0) is 14.6 Å². The number of fused-ring (bicyclic) bond motifs is 1. The maximum atomic E-state index is 12.6. The first-order valence-electron chi connectivity index (χ1n) is 8.68. The monoisotopic (exact) mass is 441 g/mol. The lowest BCUT2D eigenvalue weighted by molar-refractivity contribution is -0.115. The maximum Gasteiger partial charge on any atom is 0.225 e. The molecular weight excluding hydrogens is 422 g/mol. The summed E-state index contributed by atoms with van der Waals surface area (Å²) in [6.07, 6.45) is -0.245. The molecule has 0 saturated heterocycles. The fraction of sp³-hybridized carbons (Fsp3) is 0.316. The Bertz CT molecular complexity index is 1020. The van der Waals surface area contributed by atoms with Gasteiger partial charge in [-0.15, -0.1) is 0 Å². The molecule has 1 N–H and O–H groups in total. The molecule has 29 heavy (non-hydrogen) atoms. The third-order valence-electron chi connectivity index (χ3n) is 4.22. The summed E-state index contributed by atoms with van der Waals surface area (Å²) in [5, 5.41) is 2.95. The summed E-state index contributed by atoms with van der Waals surface area (Å²) in [6, 6.07) is 7.41. The number of anilines is 1. The van der Waals surface area contributed by atoms with Crippen LogP contribution >= 0.6 is 11.6 Å². The van der Waals surface area contributed by atoms with Crippen LogP contribution in [0.1, 0.15) is 6.42 Å². The van der Waals surface area contributed by atoms with Crippen molar-refractivity contribution in [2.24, 2.45) is 0 Å². The number of carbonyl (C=O) groups is 1. The van der Waals surface area contributed by atoms with Gasteiger partial charge in [0, 0.05) is 24.6 Å². The molecule has 1 amide bonds. The second-order valence-electron chi connectivity index (χ2n) is 6.11. The molecule has 0 aliphatic carbocycles. The molecule has 3 rings (SSSR count). The number of nitrogens with one attached hydrogen (secondary N) is 1. The summed E-state index contributed by atoms with van der Waals surface area (Å²) < 4.78 is 46.3. The standard InChI is InChI=1S/C19H20ClNO7S/c1-25-16-11-14(17(26-2)10-13(16)20)21-19(22)5-8-29(23,24)12-3-4-15-18(9-12)28-7-6-27-15/h3-4,9-11H,5-8H2,1-2H3,(H,21,22). The Hall–Kier alpha value is -2.65. The highest BCUT2D eigenvalue weighted by atomic mass is 35.5. The highest BCUT2D eigenvalue weighted by molar-refractivity contribution is 7.91. The molecule has 1 aliphatic rings. The predicted molar refractivity (Wildman–Crippen MR) is 107 cm³/mol. The molecule has 0 aromatic heterocycles. The van der Waals surface area contributed by atoms with E-state index in [0.29, 0.717) is 46.9 Å². The fourth-order valence-corrected chi connectivity index (χ4v) is 4.22. The second kappa shape index (κ2) is 8.79. The number of sulfone groups is 1. The molecule has 1 aliphatic heterocycles. The van der Waals surface area contributed by atoms with Gasteiger partial charge in [0.15, 0.2) is 21.3 Å². The van der Waals surface area contributed by atoms with Gasteiger partial charge in [0.25, 0.3) is 0 Å². The van der Waals surface area contributed by atoms with Gasteiger partial charge in [-0.05, 0) is 12.1 Å². The predicted octanol–water partition coefficient (Wildman–Crippen LogP) is 2.93. The van der Waals surface area contributed by atoms with Crippen molar-refractivity contribution in [1.29, 1.82) is 0 Å². The molecule has 156 valence electrons. The quantitative estimate of drug-likeness (QED) is 0.705. The molecule has 0 bridgehead atoms. The lowest BCUT2D eigenvalue weighted by atomic mass is 10.2. The van der Waals surface area contributed by atoms with Crippen molar-refractivity contribution in [2.75, 3.05) is 38.5 Å². The number of ether oxygens (including phenoxy) is 4. The van der Waals surface area contributed by atoms with Gasteiger partial charge >= 0.3 is 0 Å². The molecular formula is C19H20ClNO7S. The lowest BCUT2D eigenvalue weighted by Crippen LogP contribution is -2.19. The third-order valence-corrected chi connectivity index (χ3v) is 6.23. The minimum atomic E-state index is -3.69. The van der Waals surface area contributed by atoms with E-state index < -0.39 is 15.7 Å². The number of amides is 1. The van der Waals surface area contributed by atoms with Gasteiger partial charge in [-0.3, -0.25) is 4.79 Å². The van der Waals surface area contributed by atoms with E-state index in [4.69, 9.17) is 30.5 Å². The van der Waals surface area contributed by atoms with Crippen molar-refractivity contribution in [3.63, 3.8) is 0 Å². The Labute approximate surface area is 173 Å². The summed E-state index contributed by atoms with van der Waals surface area (Å²) >= 11 is 6.04. The van der Waals surface area contributed by atoms with Crippen LogP contribution in [0.15, 0.2) is 35.2 Å². The molecule has 0 radical (unpaired) electrons. The second-order valence-corrected chi connectivity index (χ2v) is 8.63. The zero-order valence-electron chi connectivity index (χ0n) is 15.9. The molecule has 2 aromatic carbocycles. The summed E-state index contributed by atoms with van der Waals surface area (Å²) in [5.41, 5.74) is 0.329. The van der Waals surface area contributed by atoms with Gasteiger partial charge in [0.05, 0.1) is 35.6 Å². The van der Waals surface area contributed by atoms with Crippen LogP contribution in [0.2, 0.25) is 5.02 Å². The topological polar surface area (TPSA) is 100 Å². The van der Waals surface area contributed by atoms with Crippen LogP contribution in [-0.4, -0.2) is 47.5 Å². The SMILES string of the molecule is COc1cc(NC(=O)CCS(=O)(=O)c2ccc3c(c2)OCCO3)c(OC)cc1Cl. The molecule has 0 fully saturated rings. The minimum absolute atomic E-state index is 0.0697. The van der Waals surface area contributed by atoms with Crippen LogP contribution in [0, 0.1) is 0 Å². The van der Waals surface area contributed by atoms with Gasteiger partial charge in [-0.1, -0.05) is 11.6 Å². The number of halogens is 1. The molecule has 0 unspecified atom stereocenters. The average Bonchev–Trinajstić information content (AvgIpc) is 2.72. The van der Waals surface area contributed by atoms with Crippen LogP contribution in [0.5, 0.6) is 23.0 Å². The lowest BCUT2D eigenvalue weighted by Gasteiger charge is -2.18. The van der Waals surface area contributed by atoms with Crippen LogP contribution < -0.4 is 24.3 Å². The molecule has 2 aromatic rings. The van der Waals surface area contributed by atoms with Gasteiger partial charge in [-0.25, -0.2) is 8.42 Å². The van der Waals surface area contributed by atoms with Gasteiger partial charge in [0.1, 0.15) is 24.7 Å². The van der Waals surface area contributed by atoms with E-state index in [1.807, 2.05) is 0 Å². The zero-order chi connectivity index (χ0) is 21.0. The van der Waals surface area contributed by atoms with Crippen LogP contribution in [0.3, 0.4) is 0 Å². The maximum absolute atomic E-state index is 12.6. The van der Waals surface area contributed by atoms with Crippen LogP contribution in [0.4, 0.5) is 5.69 Å². The molecule has 1 heterocycles. The van der Waals surface area contributed by atoms with Crippen molar-refractivity contribution >= 4 is 33.0 Å². The normalized spacial score (nSPS) is 12.9. The highest BCUT2D eigenvalue weighted by Gasteiger charge is 2.21. The molecule has 8 nitrogen and oxygen atoms in total. The summed E-state index contributed by atoms with van der Waals surface area (Å²) in [7, 11) is -0.815. The molecule has 10 heteroatoms. The number of hydrogen-bond acceptors (Lipinski definition) is 7. The first kappa shape index (κ1) is 21.1. The Morgan fingerprint density at radius 3 is 2.45 bits per heavy atom. The Morgan fingerprint density at radius 1 is 1.07 bits per heavy atom. The van der Waals surface area contributed by atoms with E-state index in [2.05, 4.69) is 5.32 Å². The molecule has 0 atom stereocenters. The van der Waals surface area contributed by atoms with E-state index >= 15 is 0 Å². The Balaban J connectivity index is 1.69. The van der Waals surface area contributed by atoms with E-state index in [9.17, 15) is 13.2 Å². The fourth-order valence-electron chi connectivity index (χ4n) is 2.73. The summed E-state index contributed by atoms with van der Waals surface area (Å²) in [4.78, 5) is 12.4. The third kappa shape index (κ3) is 4.86.